The van der Waals surface area contributed by atoms with Crippen LogP contribution in [0.15, 0.2) is 40.9 Å². The number of halogens is 2. The van der Waals surface area contributed by atoms with E-state index in [0.29, 0.717) is 0 Å². The van der Waals surface area contributed by atoms with Crippen LogP contribution in [-0.4, -0.2) is 5.16 Å². The highest BCUT2D eigenvalue weighted by Gasteiger charge is 2.11. The van der Waals surface area contributed by atoms with Crippen molar-refractivity contribution in [2.24, 2.45) is 4.99 Å². The van der Waals surface area contributed by atoms with Gasteiger partial charge >= 0.3 is 0 Å². The van der Waals surface area contributed by atoms with E-state index in [-0.39, 0.29) is 11.3 Å². The van der Waals surface area contributed by atoms with Gasteiger partial charge in [-0.25, -0.2) is 8.78 Å². The number of fused-ring (bicyclic) bond motifs is 1. The van der Waals surface area contributed by atoms with Crippen LogP contribution in [0.1, 0.15) is 61.3 Å². The molecule has 148 valence electrons. The van der Waals surface area contributed by atoms with E-state index in [0.717, 1.165) is 42.5 Å². The third-order valence-electron chi connectivity index (χ3n) is 5.08. The number of thiocarbonyl (C=S) groups is 1. The van der Waals surface area contributed by atoms with Crippen molar-refractivity contribution in [1.82, 2.24) is 0 Å². The van der Waals surface area contributed by atoms with Crippen molar-refractivity contribution in [3.05, 3.63) is 69.8 Å². The van der Waals surface area contributed by atoms with Crippen LogP contribution < -0.4 is 0 Å². The van der Waals surface area contributed by atoms with E-state index >= 15 is 0 Å². The van der Waals surface area contributed by atoms with Gasteiger partial charge in [0, 0.05) is 11.6 Å². The summed E-state index contributed by atoms with van der Waals surface area (Å²) in [5, 5.41) is 2.04. The molecular formula is C25H23F2NS. The molecule has 1 nitrogen and oxygen atoms in total. The minimum absolute atomic E-state index is 0.0138. The zero-order valence-electron chi connectivity index (χ0n) is 16.5. The van der Waals surface area contributed by atoms with Gasteiger partial charge in [-0.05, 0) is 66.7 Å². The number of nitrogens with zero attached hydrogens (tertiary/aromatic N) is 1. The lowest BCUT2D eigenvalue weighted by molar-refractivity contribution is 0.599. The molecule has 0 saturated carbocycles. The zero-order valence-corrected chi connectivity index (χ0v) is 17.3. The number of rotatable bonds is 6. The van der Waals surface area contributed by atoms with E-state index in [1.54, 1.807) is 0 Å². The quantitative estimate of drug-likeness (QED) is 0.213. The predicted molar refractivity (Wildman–Crippen MR) is 119 cm³/mol. The SMILES string of the molecule is CCCCCCc1ccc2c(c1)CCC(C#Cc1cc(F)c(N=C=S)cc1F)=C2. The van der Waals surface area contributed by atoms with E-state index in [2.05, 4.69) is 54.2 Å². The summed E-state index contributed by atoms with van der Waals surface area (Å²) in [6.45, 7) is 2.22. The van der Waals surface area contributed by atoms with Crippen LogP contribution in [0.5, 0.6) is 0 Å². The summed E-state index contributed by atoms with van der Waals surface area (Å²) in [6, 6.07) is 8.67. The topological polar surface area (TPSA) is 12.4 Å². The van der Waals surface area contributed by atoms with Gasteiger partial charge in [0.15, 0.2) is 5.82 Å². The van der Waals surface area contributed by atoms with Gasteiger partial charge in [-0.3, -0.25) is 0 Å². The Morgan fingerprint density at radius 3 is 2.66 bits per heavy atom. The van der Waals surface area contributed by atoms with E-state index < -0.39 is 11.6 Å². The first-order valence-electron chi connectivity index (χ1n) is 10.0. The number of benzene rings is 2. The van der Waals surface area contributed by atoms with Gasteiger partial charge in [0.05, 0.1) is 10.7 Å². The molecule has 0 atom stereocenters. The normalized spacial score (nSPS) is 12.3. The predicted octanol–water partition coefficient (Wildman–Crippen LogP) is 7.20. The molecule has 0 amide bonds. The Bertz CT molecular complexity index is 1040. The fourth-order valence-electron chi connectivity index (χ4n) is 3.47. The first-order chi connectivity index (χ1) is 14.1. The monoisotopic (exact) mass is 407 g/mol. The molecule has 0 heterocycles. The van der Waals surface area contributed by atoms with Crippen LogP contribution in [0.3, 0.4) is 0 Å². The average Bonchev–Trinajstić information content (AvgIpc) is 2.72. The molecule has 0 aromatic heterocycles. The molecule has 0 saturated heterocycles. The maximum absolute atomic E-state index is 14.1. The lowest BCUT2D eigenvalue weighted by atomic mass is 9.90. The summed E-state index contributed by atoms with van der Waals surface area (Å²) in [7, 11) is 0. The van der Waals surface area contributed by atoms with Crippen molar-refractivity contribution in [3.8, 4) is 11.8 Å². The summed E-state index contributed by atoms with van der Waals surface area (Å²) in [6.07, 6.45) is 9.94. The molecule has 29 heavy (non-hydrogen) atoms. The lowest BCUT2D eigenvalue weighted by Gasteiger charge is -2.15. The van der Waals surface area contributed by atoms with E-state index in [1.807, 2.05) is 11.2 Å². The van der Waals surface area contributed by atoms with Crippen LogP contribution in [-0.2, 0) is 12.8 Å². The van der Waals surface area contributed by atoms with Gasteiger partial charge in [-0.2, -0.15) is 4.99 Å². The summed E-state index contributed by atoms with van der Waals surface area (Å²) < 4.78 is 28.1. The minimum Gasteiger partial charge on any atom is -0.206 e. The zero-order chi connectivity index (χ0) is 20.6. The highest BCUT2D eigenvalue weighted by molar-refractivity contribution is 7.78. The molecule has 0 unspecified atom stereocenters. The number of hydrogen-bond acceptors (Lipinski definition) is 2. The minimum atomic E-state index is -0.664. The first-order valence-corrected chi connectivity index (χ1v) is 10.4. The fraction of sp³-hybridized carbons (Fsp3) is 0.320. The summed E-state index contributed by atoms with van der Waals surface area (Å²) in [4.78, 5) is 3.51. The smallest absolute Gasteiger partial charge is 0.151 e. The Hall–Kier alpha value is -2.60. The second-order valence-corrected chi connectivity index (χ2v) is 7.43. The molecule has 2 aromatic carbocycles. The molecule has 1 aliphatic rings. The maximum Gasteiger partial charge on any atom is 0.151 e. The van der Waals surface area contributed by atoms with Crippen molar-refractivity contribution in [2.45, 2.75) is 51.9 Å². The van der Waals surface area contributed by atoms with Crippen molar-refractivity contribution < 1.29 is 8.78 Å². The van der Waals surface area contributed by atoms with E-state index in [1.165, 1.54) is 36.8 Å². The molecule has 3 rings (SSSR count). The third kappa shape index (κ3) is 5.70. The summed E-state index contributed by atoms with van der Waals surface area (Å²) in [5.74, 6) is 4.47. The van der Waals surface area contributed by atoms with Gasteiger partial charge in [-0.1, -0.05) is 56.2 Å². The summed E-state index contributed by atoms with van der Waals surface area (Å²) >= 11 is 4.44. The second kappa shape index (κ2) is 10.3. The van der Waals surface area contributed by atoms with Gasteiger partial charge in [0.25, 0.3) is 0 Å². The molecule has 4 heteroatoms. The number of hydrogen-bond donors (Lipinski definition) is 0. The Balaban J connectivity index is 1.74. The molecule has 0 bridgehead atoms. The average molecular weight is 408 g/mol. The van der Waals surface area contributed by atoms with Crippen molar-refractivity contribution in [2.75, 3.05) is 0 Å². The molecule has 0 radical (unpaired) electrons. The van der Waals surface area contributed by atoms with Gasteiger partial charge in [0.2, 0.25) is 0 Å². The fourth-order valence-corrected chi connectivity index (χ4v) is 3.57. The molecular weight excluding hydrogens is 384 g/mol. The Morgan fingerprint density at radius 2 is 1.86 bits per heavy atom. The largest absolute Gasteiger partial charge is 0.206 e. The van der Waals surface area contributed by atoms with Crippen LogP contribution in [0.2, 0.25) is 0 Å². The number of unbranched alkanes of at least 4 members (excludes halogenated alkanes) is 3. The van der Waals surface area contributed by atoms with Gasteiger partial charge in [0.1, 0.15) is 11.5 Å². The Kier molecular flexibility index (Phi) is 7.47. The molecule has 0 spiro atoms. The number of aliphatic imine (C=N–C) groups is 1. The van der Waals surface area contributed by atoms with Gasteiger partial charge in [-0.15, -0.1) is 0 Å². The highest BCUT2D eigenvalue weighted by Crippen LogP contribution is 2.26. The molecule has 0 N–H and O–H groups in total. The van der Waals surface area contributed by atoms with Crippen LogP contribution in [0, 0.1) is 23.5 Å². The van der Waals surface area contributed by atoms with Crippen LogP contribution >= 0.6 is 12.2 Å². The molecule has 0 fully saturated rings. The van der Waals surface area contributed by atoms with Crippen molar-refractivity contribution in [1.29, 1.82) is 0 Å². The van der Waals surface area contributed by atoms with Gasteiger partial charge < -0.3 is 0 Å². The van der Waals surface area contributed by atoms with Crippen molar-refractivity contribution >= 4 is 29.1 Å². The highest BCUT2D eigenvalue weighted by atomic mass is 32.1. The van der Waals surface area contributed by atoms with Crippen LogP contribution in [0.25, 0.3) is 6.08 Å². The number of aryl methyl sites for hydroxylation is 2. The number of allylic oxidation sites excluding steroid dienone is 1. The maximum atomic E-state index is 14.1. The van der Waals surface area contributed by atoms with E-state index in [4.69, 9.17) is 0 Å². The van der Waals surface area contributed by atoms with Crippen LogP contribution in [0.4, 0.5) is 14.5 Å². The Morgan fingerprint density at radius 1 is 1.00 bits per heavy atom. The summed E-state index contributed by atoms with van der Waals surface area (Å²) in [5.41, 5.74) is 4.66. The Labute approximate surface area is 176 Å². The van der Waals surface area contributed by atoms with E-state index in [9.17, 15) is 8.78 Å². The molecule has 0 aliphatic heterocycles. The first kappa shape index (κ1) is 21.1. The molecule has 2 aromatic rings. The number of isothiocyanates is 1. The standard InChI is InChI=1S/C25H23F2NS/c1-2-3-4-5-6-18-7-10-21-14-19(8-11-20(21)13-18)9-12-22-15-24(27)25(28-17-29)16-23(22)26/h7,10,13-16H,2-6,8,11H2,1H3. The second-order valence-electron chi connectivity index (χ2n) is 7.25. The van der Waals surface area contributed by atoms with Crippen molar-refractivity contribution in [3.63, 3.8) is 0 Å². The third-order valence-corrected chi connectivity index (χ3v) is 5.17. The lowest BCUT2D eigenvalue weighted by Crippen LogP contribution is -2.00. The molecule has 1 aliphatic carbocycles.